The number of carboxylic acids is 1. The molecule has 1 atom stereocenters. The van der Waals surface area contributed by atoms with Gasteiger partial charge in [-0.2, -0.15) is 13.2 Å². The maximum atomic E-state index is 12.4. The van der Waals surface area contributed by atoms with E-state index in [1.165, 1.54) is 0 Å². The summed E-state index contributed by atoms with van der Waals surface area (Å²) in [6.45, 7) is 3.05. The molecule has 0 saturated heterocycles. The molecule has 0 bridgehead atoms. The van der Waals surface area contributed by atoms with Crippen LogP contribution >= 0.6 is 0 Å². The molecule has 0 aromatic carbocycles. The van der Waals surface area contributed by atoms with Gasteiger partial charge in [0.15, 0.2) is 0 Å². The van der Waals surface area contributed by atoms with Crippen molar-refractivity contribution in [2.45, 2.75) is 51.4 Å². The minimum absolute atomic E-state index is 0.108. The number of ether oxygens (including phenoxy) is 1. The predicted molar refractivity (Wildman–Crippen MR) is 56.1 cm³/mol. The highest BCUT2D eigenvalue weighted by molar-refractivity contribution is 5.79. The van der Waals surface area contributed by atoms with Crippen LogP contribution in [0.25, 0.3) is 0 Å². The Morgan fingerprint density at radius 3 is 2.17 bits per heavy atom. The lowest BCUT2D eigenvalue weighted by atomic mass is 10.1. The predicted octanol–water partition coefficient (Wildman–Crippen LogP) is 2.31. The van der Waals surface area contributed by atoms with E-state index >= 15 is 0 Å². The lowest BCUT2D eigenvalue weighted by molar-refractivity contribution is -0.244. The lowest BCUT2D eigenvalue weighted by Gasteiger charge is -2.28. The van der Waals surface area contributed by atoms with Gasteiger partial charge in [0, 0.05) is 0 Å². The van der Waals surface area contributed by atoms with Gasteiger partial charge in [0.1, 0.15) is 6.04 Å². The van der Waals surface area contributed by atoms with Gasteiger partial charge in [-0.15, -0.1) is 0 Å². The smallest absolute Gasteiger partial charge is 0.427 e. The molecular weight excluding hydrogens is 255 g/mol. The summed E-state index contributed by atoms with van der Waals surface area (Å²) in [6.07, 6.45) is -5.57. The molecule has 0 aromatic rings. The zero-order valence-electron chi connectivity index (χ0n) is 10.3. The van der Waals surface area contributed by atoms with E-state index in [9.17, 15) is 22.8 Å². The molecule has 0 aliphatic rings. The second kappa shape index (κ2) is 5.92. The van der Waals surface area contributed by atoms with Crippen LogP contribution in [0.4, 0.5) is 18.0 Å². The number of hydrogen-bond acceptors (Lipinski definition) is 3. The second-order valence-corrected chi connectivity index (χ2v) is 4.22. The number of alkyl halides is 3. The van der Waals surface area contributed by atoms with E-state index in [2.05, 4.69) is 4.74 Å². The van der Waals surface area contributed by atoms with Crippen molar-refractivity contribution in [3.63, 3.8) is 0 Å². The first kappa shape index (κ1) is 16.5. The Kier molecular flexibility index (Phi) is 5.44. The van der Waals surface area contributed by atoms with Gasteiger partial charge in [-0.05, 0) is 20.3 Å². The molecule has 8 heteroatoms. The Bertz CT molecular complexity index is 315. The first-order chi connectivity index (χ1) is 8.01. The summed E-state index contributed by atoms with van der Waals surface area (Å²) < 4.78 is 41.4. The van der Waals surface area contributed by atoms with Gasteiger partial charge in [-0.3, -0.25) is 0 Å². The van der Waals surface area contributed by atoms with Gasteiger partial charge in [-0.1, -0.05) is 13.3 Å². The van der Waals surface area contributed by atoms with Gasteiger partial charge in [0.25, 0.3) is 0 Å². The third-order valence-electron chi connectivity index (χ3n) is 2.20. The zero-order valence-corrected chi connectivity index (χ0v) is 10.3. The van der Waals surface area contributed by atoms with Crippen molar-refractivity contribution in [2.24, 2.45) is 0 Å². The second-order valence-electron chi connectivity index (χ2n) is 4.22. The molecule has 5 nitrogen and oxygen atoms in total. The highest BCUT2D eigenvalue weighted by atomic mass is 19.4. The minimum Gasteiger partial charge on any atom is -0.480 e. The largest absolute Gasteiger partial charge is 0.480 e. The van der Waals surface area contributed by atoms with Crippen molar-refractivity contribution in [3.8, 4) is 0 Å². The van der Waals surface area contributed by atoms with Gasteiger partial charge in [-0.25, -0.2) is 9.59 Å². The summed E-state index contributed by atoms with van der Waals surface area (Å²) in [5.74, 6) is -1.32. The zero-order chi connectivity index (χ0) is 14.6. The van der Waals surface area contributed by atoms with E-state index in [1.54, 1.807) is 6.92 Å². The van der Waals surface area contributed by atoms with Gasteiger partial charge in [0.05, 0.1) is 0 Å². The third kappa shape index (κ3) is 4.80. The summed E-state index contributed by atoms with van der Waals surface area (Å²) in [5.41, 5.74) is -2.67. The van der Waals surface area contributed by atoms with Crippen LogP contribution in [0.2, 0.25) is 0 Å². The number of carboxylic acid groups (broad SMARTS) is 1. The van der Waals surface area contributed by atoms with Gasteiger partial charge < -0.3 is 15.2 Å². The maximum Gasteiger partial charge on any atom is 0.427 e. The van der Waals surface area contributed by atoms with Crippen LogP contribution in [0.5, 0.6) is 0 Å². The normalized spacial score (nSPS) is 13.9. The standard InChI is InChI=1S/C10H16F3NO4/c1-4-5-6(7(15)16)14-8(17)18-9(2,3)10(11,12)13/h6H,4-5H2,1-3H3,(H,14,17)(H,15,16). The van der Waals surface area contributed by atoms with E-state index in [1.807, 2.05) is 5.32 Å². The topological polar surface area (TPSA) is 75.6 Å². The van der Waals surface area contributed by atoms with Crippen molar-refractivity contribution < 1.29 is 32.6 Å². The average molecular weight is 271 g/mol. The number of carbonyl (C=O) groups is 2. The molecule has 1 unspecified atom stereocenters. The van der Waals surface area contributed by atoms with E-state index in [4.69, 9.17) is 5.11 Å². The Balaban J connectivity index is 4.55. The molecule has 0 aromatic heterocycles. The Labute approximate surface area is 102 Å². The minimum atomic E-state index is -4.73. The summed E-state index contributed by atoms with van der Waals surface area (Å²) in [5, 5.41) is 10.6. The molecule has 0 aliphatic heterocycles. The summed E-state index contributed by atoms with van der Waals surface area (Å²) >= 11 is 0. The molecule has 0 spiro atoms. The number of amides is 1. The fourth-order valence-corrected chi connectivity index (χ4v) is 1.01. The van der Waals surface area contributed by atoms with Crippen LogP contribution in [-0.4, -0.2) is 35.0 Å². The number of carbonyl (C=O) groups excluding carboxylic acids is 1. The molecule has 0 rings (SSSR count). The molecule has 0 heterocycles. The van der Waals surface area contributed by atoms with Gasteiger partial charge >= 0.3 is 18.2 Å². The summed E-state index contributed by atoms with van der Waals surface area (Å²) in [6, 6.07) is -1.26. The number of nitrogens with one attached hydrogen (secondary N) is 1. The van der Waals surface area contributed by atoms with Crippen LogP contribution < -0.4 is 5.32 Å². The quantitative estimate of drug-likeness (QED) is 0.804. The fraction of sp³-hybridized carbons (Fsp3) is 0.800. The number of alkyl carbamates (subject to hydrolysis) is 1. The molecule has 2 N–H and O–H groups in total. The molecule has 0 aliphatic carbocycles. The summed E-state index contributed by atoms with van der Waals surface area (Å²) in [7, 11) is 0. The molecule has 0 radical (unpaired) electrons. The third-order valence-corrected chi connectivity index (χ3v) is 2.20. The Morgan fingerprint density at radius 2 is 1.83 bits per heavy atom. The molecule has 0 fully saturated rings. The van der Waals surface area contributed by atoms with Crippen LogP contribution in [0, 0.1) is 0 Å². The molecule has 1 amide bonds. The Hall–Kier alpha value is -1.47. The first-order valence-corrected chi connectivity index (χ1v) is 5.30. The van der Waals surface area contributed by atoms with E-state index in [0.29, 0.717) is 20.3 Å². The number of aliphatic carboxylic acids is 1. The number of hydrogen-bond donors (Lipinski definition) is 2. The van der Waals surface area contributed by atoms with Crippen LogP contribution in [-0.2, 0) is 9.53 Å². The SMILES string of the molecule is CCCC(NC(=O)OC(C)(C)C(F)(F)F)C(=O)O. The van der Waals surface area contributed by atoms with Crippen LogP contribution in [0.1, 0.15) is 33.6 Å². The first-order valence-electron chi connectivity index (χ1n) is 5.30. The van der Waals surface area contributed by atoms with Crippen LogP contribution in [0.3, 0.4) is 0 Å². The Morgan fingerprint density at radius 1 is 1.33 bits per heavy atom. The van der Waals surface area contributed by atoms with E-state index in [0.717, 1.165) is 0 Å². The van der Waals surface area contributed by atoms with Crippen molar-refractivity contribution in [1.82, 2.24) is 5.32 Å². The number of halogens is 3. The van der Waals surface area contributed by atoms with Crippen molar-refractivity contribution in [1.29, 1.82) is 0 Å². The van der Waals surface area contributed by atoms with Crippen molar-refractivity contribution in [2.75, 3.05) is 0 Å². The molecule has 106 valence electrons. The molecule has 0 saturated carbocycles. The van der Waals surface area contributed by atoms with Gasteiger partial charge in [0.2, 0.25) is 5.60 Å². The highest BCUT2D eigenvalue weighted by Gasteiger charge is 2.51. The lowest BCUT2D eigenvalue weighted by Crippen LogP contribution is -2.49. The van der Waals surface area contributed by atoms with Crippen molar-refractivity contribution >= 4 is 12.1 Å². The molecular formula is C10H16F3NO4. The number of rotatable bonds is 5. The molecule has 18 heavy (non-hydrogen) atoms. The monoisotopic (exact) mass is 271 g/mol. The average Bonchev–Trinajstić information content (AvgIpc) is 2.13. The maximum absolute atomic E-state index is 12.4. The van der Waals surface area contributed by atoms with E-state index in [-0.39, 0.29) is 6.42 Å². The van der Waals surface area contributed by atoms with Crippen molar-refractivity contribution in [3.05, 3.63) is 0 Å². The fourth-order valence-electron chi connectivity index (χ4n) is 1.01. The van der Waals surface area contributed by atoms with E-state index < -0.39 is 29.9 Å². The van der Waals surface area contributed by atoms with Crippen LogP contribution in [0.15, 0.2) is 0 Å². The highest BCUT2D eigenvalue weighted by Crippen LogP contribution is 2.32. The summed E-state index contributed by atoms with van der Waals surface area (Å²) in [4.78, 5) is 21.9.